The maximum Gasteiger partial charge on any atom is 0.221 e. The number of anilines is 1. The summed E-state index contributed by atoms with van der Waals surface area (Å²) in [7, 11) is -1.57. The highest BCUT2D eigenvalue weighted by atomic mass is 35.5. The van der Waals surface area contributed by atoms with Gasteiger partial charge in [-0.1, -0.05) is 11.6 Å². The van der Waals surface area contributed by atoms with E-state index >= 15 is 0 Å². The van der Waals surface area contributed by atoms with Gasteiger partial charge in [-0.05, 0) is 31.0 Å². The van der Waals surface area contributed by atoms with E-state index in [0.717, 1.165) is 5.69 Å². The van der Waals surface area contributed by atoms with Crippen molar-refractivity contribution >= 4 is 33.2 Å². The maximum atomic E-state index is 12.1. The Bertz CT molecular complexity index is 703. The van der Waals surface area contributed by atoms with E-state index in [4.69, 9.17) is 16.3 Å². The molecule has 2 rings (SSSR count). The van der Waals surface area contributed by atoms with Crippen LogP contribution in [0.3, 0.4) is 0 Å². The Hall–Kier alpha value is -1.51. The van der Waals surface area contributed by atoms with Crippen LogP contribution in [0.5, 0.6) is 5.75 Å². The summed E-state index contributed by atoms with van der Waals surface area (Å²) >= 11 is 5.97. The molecule has 0 saturated carbocycles. The number of amides is 1. The molecule has 0 aromatic heterocycles. The Kier molecular flexibility index (Phi) is 6.92. The number of carbonyl (C=O) groups is 1. The summed E-state index contributed by atoms with van der Waals surface area (Å²) in [5.41, 5.74) is 0.740. The van der Waals surface area contributed by atoms with Crippen LogP contribution in [0, 0.1) is 0 Å². The summed E-state index contributed by atoms with van der Waals surface area (Å²) in [4.78, 5) is 12.1. The fourth-order valence-electron chi connectivity index (χ4n) is 2.76. The summed E-state index contributed by atoms with van der Waals surface area (Å²) in [5, 5.41) is 6.69. The lowest BCUT2D eigenvalue weighted by molar-refractivity contribution is -0.121. The number of methoxy groups -OCH3 is 1. The first-order valence-electron chi connectivity index (χ1n) is 8.11. The molecule has 0 spiro atoms. The van der Waals surface area contributed by atoms with Crippen LogP contribution in [-0.2, 0) is 14.8 Å². The topological polar surface area (TPSA) is 87.7 Å². The number of ether oxygens (including phenoxy) is 1. The molecule has 1 fully saturated rings. The van der Waals surface area contributed by atoms with Gasteiger partial charge in [0.1, 0.15) is 5.75 Å². The van der Waals surface area contributed by atoms with E-state index in [1.807, 2.05) is 0 Å². The molecule has 0 unspecified atom stereocenters. The van der Waals surface area contributed by atoms with Gasteiger partial charge in [0.25, 0.3) is 0 Å². The van der Waals surface area contributed by atoms with Crippen molar-refractivity contribution in [1.82, 2.24) is 9.62 Å². The Morgan fingerprint density at radius 3 is 2.64 bits per heavy atom. The van der Waals surface area contributed by atoms with Crippen LogP contribution >= 0.6 is 11.6 Å². The van der Waals surface area contributed by atoms with Gasteiger partial charge in [0, 0.05) is 37.1 Å². The molecule has 0 radical (unpaired) electrons. The van der Waals surface area contributed by atoms with Crippen LogP contribution in [0.25, 0.3) is 0 Å². The minimum Gasteiger partial charge on any atom is -0.495 e. The predicted molar refractivity (Wildman–Crippen MR) is 98.7 cm³/mol. The van der Waals surface area contributed by atoms with E-state index in [2.05, 4.69) is 10.6 Å². The molecular formula is C16H24ClN3O4S. The van der Waals surface area contributed by atoms with Crippen molar-refractivity contribution in [3.63, 3.8) is 0 Å². The fraction of sp³-hybridized carbons (Fsp3) is 0.562. The number of hydrogen-bond donors (Lipinski definition) is 2. The van der Waals surface area contributed by atoms with Crippen molar-refractivity contribution in [1.29, 1.82) is 0 Å². The number of nitrogens with one attached hydrogen (secondary N) is 2. The van der Waals surface area contributed by atoms with Gasteiger partial charge in [0.05, 0.1) is 19.1 Å². The van der Waals surface area contributed by atoms with Crippen LogP contribution in [0.2, 0.25) is 5.02 Å². The van der Waals surface area contributed by atoms with Crippen molar-refractivity contribution in [3.8, 4) is 5.75 Å². The number of sulfonamides is 1. The zero-order chi connectivity index (χ0) is 18.4. The summed E-state index contributed by atoms with van der Waals surface area (Å²) in [6.07, 6.45) is 2.78. The number of piperidine rings is 1. The number of hydrogen-bond acceptors (Lipinski definition) is 5. The van der Waals surface area contributed by atoms with Crippen LogP contribution in [-0.4, -0.2) is 57.7 Å². The van der Waals surface area contributed by atoms with Crippen LogP contribution in [0.1, 0.15) is 19.3 Å². The summed E-state index contributed by atoms with van der Waals surface area (Å²) in [5.74, 6) is 0.601. The molecule has 0 bridgehead atoms. The van der Waals surface area contributed by atoms with Crippen molar-refractivity contribution in [2.75, 3.05) is 38.3 Å². The second kappa shape index (κ2) is 8.73. The number of carbonyl (C=O) groups excluding carboxylic acids is 1. The molecule has 0 aliphatic carbocycles. The molecular weight excluding hydrogens is 366 g/mol. The van der Waals surface area contributed by atoms with Gasteiger partial charge in [-0.25, -0.2) is 12.7 Å². The Morgan fingerprint density at radius 2 is 2.04 bits per heavy atom. The number of benzene rings is 1. The third-order valence-corrected chi connectivity index (χ3v) is 5.66. The van der Waals surface area contributed by atoms with Crippen molar-refractivity contribution in [3.05, 3.63) is 23.2 Å². The molecule has 25 heavy (non-hydrogen) atoms. The molecule has 1 aliphatic rings. The number of nitrogens with zero attached hydrogens (tertiary/aromatic N) is 1. The fourth-order valence-corrected chi connectivity index (χ4v) is 3.81. The normalized spacial score (nSPS) is 16.4. The molecule has 1 amide bonds. The Morgan fingerprint density at radius 1 is 1.36 bits per heavy atom. The van der Waals surface area contributed by atoms with Crippen LogP contribution in [0.15, 0.2) is 18.2 Å². The van der Waals surface area contributed by atoms with Crippen LogP contribution < -0.4 is 15.4 Å². The largest absolute Gasteiger partial charge is 0.495 e. The van der Waals surface area contributed by atoms with Crippen LogP contribution in [0.4, 0.5) is 5.69 Å². The summed E-state index contributed by atoms with van der Waals surface area (Å²) in [6.45, 7) is 1.34. The van der Waals surface area contributed by atoms with Gasteiger partial charge in [-0.15, -0.1) is 0 Å². The third kappa shape index (κ3) is 6.05. The molecule has 1 aromatic carbocycles. The molecule has 1 heterocycles. The van der Waals surface area contributed by atoms with E-state index in [9.17, 15) is 13.2 Å². The molecule has 2 N–H and O–H groups in total. The highest BCUT2D eigenvalue weighted by Gasteiger charge is 2.25. The van der Waals surface area contributed by atoms with Gasteiger partial charge in [0.15, 0.2) is 0 Å². The minimum absolute atomic E-state index is 0.0196. The lowest BCUT2D eigenvalue weighted by Crippen LogP contribution is -2.46. The first-order chi connectivity index (χ1) is 11.8. The zero-order valence-corrected chi connectivity index (χ0v) is 16.0. The molecule has 9 heteroatoms. The average molecular weight is 390 g/mol. The average Bonchev–Trinajstić information content (AvgIpc) is 2.55. The first kappa shape index (κ1) is 19.8. The molecule has 1 saturated heterocycles. The SMILES string of the molecule is COc1ccc(Cl)cc1NCCC(=O)NC1CCN(S(C)(=O)=O)CC1. The van der Waals surface area contributed by atoms with Gasteiger partial charge >= 0.3 is 0 Å². The summed E-state index contributed by atoms with van der Waals surface area (Å²) < 4.78 is 29.6. The van der Waals surface area contributed by atoms with E-state index in [1.54, 1.807) is 25.3 Å². The smallest absolute Gasteiger partial charge is 0.221 e. The Balaban J connectivity index is 1.74. The second-order valence-electron chi connectivity index (χ2n) is 6.03. The predicted octanol–water partition coefficient (Wildman–Crippen LogP) is 1.69. The number of halogens is 1. The van der Waals surface area contributed by atoms with E-state index < -0.39 is 10.0 Å². The van der Waals surface area contributed by atoms with Gasteiger partial charge in [-0.3, -0.25) is 4.79 Å². The zero-order valence-electron chi connectivity index (χ0n) is 14.4. The van der Waals surface area contributed by atoms with Gasteiger partial charge in [-0.2, -0.15) is 0 Å². The lowest BCUT2D eigenvalue weighted by Gasteiger charge is -2.30. The van der Waals surface area contributed by atoms with E-state index in [0.29, 0.717) is 49.7 Å². The molecule has 140 valence electrons. The van der Waals surface area contributed by atoms with Gasteiger partial charge in [0.2, 0.25) is 15.9 Å². The van der Waals surface area contributed by atoms with E-state index in [1.165, 1.54) is 10.6 Å². The number of rotatable bonds is 7. The van der Waals surface area contributed by atoms with E-state index in [-0.39, 0.29) is 11.9 Å². The molecule has 1 aromatic rings. The summed E-state index contributed by atoms with van der Waals surface area (Å²) in [6, 6.07) is 5.27. The maximum absolute atomic E-state index is 12.1. The molecule has 1 aliphatic heterocycles. The minimum atomic E-state index is -3.14. The van der Waals surface area contributed by atoms with Gasteiger partial charge < -0.3 is 15.4 Å². The standard InChI is InChI=1S/C16H24ClN3O4S/c1-24-15-4-3-12(17)11-14(15)18-8-5-16(21)19-13-6-9-20(10-7-13)25(2,22)23/h3-4,11,13,18H,5-10H2,1-2H3,(H,19,21). The highest BCUT2D eigenvalue weighted by Crippen LogP contribution is 2.27. The highest BCUT2D eigenvalue weighted by molar-refractivity contribution is 7.88. The molecule has 0 atom stereocenters. The molecule has 7 nitrogen and oxygen atoms in total. The quantitative estimate of drug-likeness (QED) is 0.741. The first-order valence-corrected chi connectivity index (χ1v) is 10.3. The van der Waals surface area contributed by atoms with Crippen molar-refractivity contribution in [2.24, 2.45) is 0 Å². The second-order valence-corrected chi connectivity index (χ2v) is 8.44. The lowest BCUT2D eigenvalue weighted by atomic mass is 10.1. The third-order valence-electron chi connectivity index (χ3n) is 4.12. The Labute approximate surface area is 153 Å². The monoisotopic (exact) mass is 389 g/mol. The van der Waals surface area contributed by atoms with Crippen molar-refractivity contribution in [2.45, 2.75) is 25.3 Å². The van der Waals surface area contributed by atoms with Crippen molar-refractivity contribution < 1.29 is 17.9 Å².